The van der Waals surface area contributed by atoms with Crippen LogP contribution in [0.3, 0.4) is 0 Å². The molecular formula is C11H15NO3. The number of aromatic hydroxyl groups is 1. The van der Waals surface area contributed by atoms with Gasteiger partial charge in [0.25, 0.3) is 0 Å². The number of phenols is 1. The van der Waals surface area contributed by atoms with Gasteiger partial charge in [-0.3, -0.25) is 0 Å². The fourth-order valence-corrected chi connectivity index (χ4v) is 1.30. The van der Waals surface area contributed by atoms with E-state index >= 15 is 0 Å². The van der Waals surface area contributed by atoms with Crippen LogP contribution in [0.1, 0.15) is 5.56 Å². The molecule has 0 heterocycles. The first-order chi connectivity index (χ1) is 7.22. The van der Waals surface area contributed by atoms with Gasteiger partial charge in [0, 0.05) is 18.2 Å². The Balaban J connectivity index is 3.22. The van der Waals surface area contributed by atoms with Crippen LogP contribution in [0.2, 0.25) is 0 Å². The minimum absolute atomic E-state index is 0.129. The standard InChI is InChI=1S/C11H15NO3/c1-14-10-7-9(13)6-8(4-3-5-12)11(10)15-2/h3-4,6-7,13H,5,12H2,1-2H3/b4-3+. The van der Waals surface area contributed by atoms with Crippen molar-refractivity contribution >= 4 is 6.08 Å². The topological polar surface area (TPSA) is 64.7 Å². The van der Waals surface area contributed by atoms with Gasteiger partial charge in [0.1, 0.15) is 5.75 Å². The minimum atomic E-state index is 0.129. The lowest BCUT2D eigenvalue weighted by molar-refractivity contribution is 0.351. The Morgan fingerprint density at radius 2 is 2.07 bits per heavy atom. The normalized spacial score (nSPS) is 10.6. The molecule has 0 saturated heterocycles. The SMILES string of the molecule is COc1cc(O)cc(/C=C/CN)c1OC. The van der Waals surface area contributed by atoms with Crippen molar-refractivity contribution < 1.29 is 14.6 Å². The van der Waals surface area contributed by atoms with Gasteiger partial charge in [0.05, 0.1) is 14.2 Å². The van der Waals surface area contributed by atoms with Crippen molar-refractivity contribution in [3.63, 3.8) is 0 Å². The van der Waals surface area contributed by atoms with E-state index in [-0.39, 0.29) is 5.75 Å². The van der Waals surface area contributed by atoms with Crippen molar-refractivity contribution in [3.05, 3.63) is 23.8 Å². The lowest BCUT2D eigenvalue weighted by Crippen LogP contribution is -1.95. The molecule has 4 heteroatoms. The third kappa shape index (κ3) is 2.63. The van der Waals surface area contributed by atoms with Crippen molar-refractivity contribution in [1.82, 2.24) is 0 Å². The summed E-state index contributed by atoms with van der Waals surface area (Å²) in [4.78, 5) is 0. The van der Waals surface area contributed by atoms with Gasteiger partial charge in [0.2, 0.25) is 0 Å². The van der Waals surface area contributed by atoms with Gasteiger partial charge in [-0.15, -0.1) is 0 Å². The van der Waals surface area contributed by atoms with Gasteiger partial charge in [0.15, 0.2) is 11.5 Å². The van der Waals surface area contributed by atoms with Crippen molar-refractivity contribution in [2.45, 2.75) is 0 Å². The molecule has 0 bridgehead atoms. The van der Waals surface area contributed by atoms with Gasteiger partial charge in [-0.1, -0.05) is 12.2 Å². The van der Waals surface area contributed by atoms with E-state index in [1.54, 1.807) is 25.3 Å². The van der Waals surface area contributed by atoms with Crippen LogP contribution in [-0.4, -0.2) is 25.9 Å². The van der Waals surface area contributed by atoms with Gasteiger partial charge in [-0.05, 0) is 6.07 Å². The number of hydrogen-bond donors (Lipinski definition) is 2. The fraction of sp³-hybridized carbons (Fsp3) is 0.273. The quantitative estimate of drug-likeness (QED) is 0.786. The number of rotatable bonds is 4. The maximum absolute atomic E-state index is 9.44. The van der Waals surface area contributed by atoms with Gasteiger partial charge in [-0.25, -0.2) is 0 Å². The average molecular weight is 209 g/mol. The zero-order valence-electron chi connectivity index (χ0n) is 8.86. The summed E-state index contributed by atoms with van der Waals surface area (Å²) in [7, 11) is 3.07. The number of phenolic OH excluding ortho intramolecular Hbond substituents is 1. The van der Waals surface area contributed by atoms with Crippen LogP contribution in [0.15, 0.2) is 18.2 Å². The predicted octanol–water partition coefficient (Wildman–Crippen LogP) is 1.38. The Morgan fingerprint density at radius 3 is 2.60 bits per heavy atom. The number of methoxy groups -OCH3 is 2. The zero-order chi connectivity index (χ0) is 11.3. The molecule has 0 aromatic heterocycles. The summed E-state index contributed by atoms with van der Waals surface area (Å²) in [5.41, 5.74) is 6.09. The average Bonchev–Trinajstić information content (AvgIpc) is 2.25. The van der Waals surface area contributed by atoms with E-state index in [2.05, 4.69) is 0 Å². The van der Waals surface area contributed by atoms with E-state index in [1.807, 2.05) is 0 Å². The predicted molar refractivity (Wildman–Crippen MR) is 59.3 cm³/mol. The number of hydrogen-bond acceptors (Lipinski definition) is 4. The minimum Gasteiger partial charge on any atom is -0.508 e. The summed E-state index contributed by atoms with van der Waals surface area (Å²) in [5.74, 6) is 1.21. The first kappa shape index (κ1) is 11.4. The van der Waals surface area contributed by atoms with Crippen molar-refractivity contribution in [2.75, 3.05) is 20.8 Å². The van der Waals surface area contributed by atoms with E-state index in [1.165, 1.54) is 13.2 Å². The lowest BCUT2D eigenvalue weighted by Gasteiger charge is -2.10. The van der Waals surface area contributed by atoms with Crippen LogP contribution in [0.5, 0.6) is 17.2 Å². The van der Waals surface area contributed by atoms with Crippen LogP contribution in [-0.2, 0) is 0 Å². The van der Waals surface area contributed by atoms with E-state index in [0.717, 1.165) is 5.56 Å². The highest BCUT2D eigenvalue weighted by Crippen LogP contribution is 2.35. The highest BCUT2D eigenvalue weighted by Gasteiger charge is 2.09. The first-order valence-corrected chi connectivity index (χ1v) is 4.54. The molecule has 0 unspecified atom stereocenters. The number of ether oxygens (including phenoxy) is 2. The second kappa shape index (κ2) is 5.26. The molecule has 0 saturated carbocycles. The summed E-state index contributed by atoms with van der Waals surface area (Å²) >= 11 is 0. The Hall–Kier alpha value is -1.68. The third-order valence-electron chi connectivity index (χ3n) is 1.93. The van der Waals surface area contributed by atoms with E-state index in [4.69, 9.17) is 15.2 Å². The Bertz CT molecular complexity index is 361. The van der Waals surface area contributed by atoms with Crippen LogP contribution < -0.4 is 15.2 Å². The van der Waals surface area contributed by atoms with Crippen LogP contribution >= 0.6 is 0 Å². The molecular weight excluding hydrogens is 194 g/mol. The largest absolute Gasteiger partial charge is 0.508 e. The van der Waals surface area contributed by atoms with Crippen LogP contribution in [0.25, 0.3) is 6.08 Å². The molecule has 1 aromatic carbocycles. The first-order valence-electron chi connectivity index (χ1n) is 4.54. The molecule has 0 aliphatic rings. The second-order valence-electron chi connectivity index (χ2n) is 2.91. The third-order valence-corrected chi connectivity index (χ3v) is 1.93. The lowest BCUT2D eigenvalue weighted by atomic mass is 10.1. The summed E-state index contributed by atoms with van der Waals surface area (Å²) in [6.07, 6.45) is 3.55. The number of nitrogens with two attached hydrogens (primary N) is 1. The summed E-state index contributed by atoms with van der Waals surface area (Å²) in [5, 5.41) is 9.44. The molecule has 1 rings (SSSR count). The molecule has 0 fully saturated rings. The van der Waals surface area contributed by atoms with Gasteiger partial charge < -0.3 is 20.3 Å². The summed E-state index contributed by atoms with van der Waals surface area (Å²) in [6.45, 7) is 0.432. The maximum Gasteiger partial charge on any atom is 0.168 e. The van der Waals surface area contributed by atoms with Crippen LogP contribution in [0.4, 0.5) is 0 Å². The monoisotopic (exact) mass is 209 g/mol. The molecule has 0 aliphatic heterocycles. The molecule has 0 atom stereocenters. The smallest absolute Gasteiger partial charge is 0.168 e. The molecule has 4 nitrogen and oxygen atoms in total. The van der Waals surface area contributed by atoms with Crippen molar-refractivity contribution in [1.29, 1.82) is 0 Å². The van der Waals surface area contributed by atoms with Crippen molar-refractivity contribution in [2.24, 2.45) is 5.73 Å². The van der Waals surface area contributed by atoms with E-state index < -0.39 is 0 Å². The van der Waals surface area contributed by atoms with Gasteiger partial charge in [-0.2, -0.15) is 0 Å². The molecule has 1 aromatic rings. The highest BCUT2D eigenvalue weighted by molar-refractivity contribution is 5.64. The Kier molecular flexibility index (Phi) is 4.00. The van der Waals surface area contributed by atoms with Gasteiger partial charge >= 0.3 is 0 Å². The second-order valence-corrected chi connectivity index (χ2v) is 2.91. The molecule has 0 radical (unpaired) electrons. The maximum atomic E-state index is 9.44. The van der Waals surface area contributed by atoms with Crippen molar-refractivity contribution in [3.8, 4) is 17.2 Å². The molecule has 15 heavy (non-hydrogen) atoms. The Labute approximate surface area is 88.9 Å². The molecule has 0 spiro atoms. The zero-order valence-corrected chi connectivity index (χ0v) is 8.86. The Morgan fingerprint density at radius 1 is 1.33 bits per heavy atom. The van der Waals surface area contributed by atoms with E-state index in [0.29, 0.717) is 18.0 Å². The highest BCUT2D eigenvalue weighted by atomic mass is 16.5. The molecule has 82 valence electrons. The molecule has 0 aliphatic carbocycles. The fourth-order valence-electron chi connectivity index (χ4n) is 1.30. The molecule has 0 amide bonds. The van der Waals surface area contributed by atoms with E-state index in [9.17, 15) is 5.11 Å². The van der Waals surface area contributed by atoms with Crippen LogP contribution in [0, 0.1) is 0 Å². The number of benzene rings is 1. The summed E-state index contributed by atoms with van der Waals surface area (Å²) in [6, 6.07) is 3.09. The summed E-state index contributed by atoms with van der Waals surface area (Å²) < 4.78 is 10.3. The molecule has 3 N–H and O–H groups in total.